The van der Waals surface area contributed by atoms with Crippen molar-refractivity contribution in [3.05, 3.63) is 41.5 Å². The number of guanidine groups is 1. The van der Waals surface area contributed by atoms with Gasteiger partial charge < -0.3 is 11.5 Å². The predicted molar refractivity (Wildman–Crippen MR) is 69.1 cm³/mol. The maximum absolute atomic E-state index is 5.16. The highest BCUT2D eigenvalue weighted by molar-refractivity contribution is 5.96. The van der Waals surface area contributed by atoms with Gasteiger partial charge in [0.1, 0.15) is 0 Å². The summed E-state index contributed by atoms with van der Waals surface area (Å²) in [6, 6.07) is 8.20. The van der Waals surface area contributed by atoms with E-state index in [9.17, 15) is 0 Å². The fourth-order valence-corrected chi connectivity index (χ4v) is 1.06. The van der Waals surface area contributed by atoms with E-state index in [-0.39, 0.29) is 5.96 Å². The van der Waals surface area contributed by atoms with Gasteiger partial charge in [0.25, 0.3) is 0 Å². The summed E-state index contributed by atoms with van der Waals surface area (Å²) in [5.74, 6) is -0.0388. The highest BCUT2D eigenvalue weighted by Crippen LogP contribution is 2.04. The van der Waals surface area contributed by atoms with Crippen molar-refractivity contribution in [1.82, 2.24) is 0 Å². The van der Waals surface area contributed by atoms with Crippen LogP contribution in [0.1, 0.15) is 18.1 Å². The zero-order valence-corrected chi connectivity index (χ0v) is 9.51. The normalized spacial score (nSPS) is 11.8. The average Bonchev–Trinajstić information content (AvgIpc) is 2.25. The highest BCUT2D eigenvalue weighted by Gasteiger charge is 1.87. The van der Waals surface area contributed by atoms with Gasteiger partial charge in [-0.3, -0.25) is 0 Å². The summed E-state index contributed by atoms with van der Waals surface area (Å²) in [4.78, 5) is 0. The van der Waals surface area contributed by atoms with Crippen LogP contribution in [0.5, 0.6) is 0 Å². The van der Waals surface area contributed by atoms with E-state index in [0.29, 0.717) is 0 Å². The molecule has 0 amide bonds. The van der Waals surface area contributed by atoms with Crippen LogP contribution < -0.4 is 11.5 Å². The van der Waals surface area contributed by atoms with Gasteiger partial charge in [-0.25, -0.2) is 0 Å². The van der Waals surface area contributed by atoms with Gasteiger partial charge in [0.2, 0.25) is 5.96 Å². The Bertz CT molecular complexity index is 423. The van der Waals surface area contributed by atoms with Crippen LogP contribution in [0, 0.1) is 6.92 Å². The molecule has 1 aromatic carbocycles. The van der Waals surface area contributed by atoms with Crippen LogP contribution in [0.25, 0.3) is 6.08 Å². The zero-order chi connectivity index (χ0) is 12.0. The number of nitrogens with zero attached hydrogens (tertiary/aromatic N) is 2. The Morgan fingerprint density at radius 2 is 1.75 bits per heavy atom. The van der Waals surface area contributed by atoms with Crippen molar-refractivity contribution in [2.24, 2.45) is 21.7 Å². The zero-order valence-electron chi connectivity index (χ0n) is 9.51. The van der Waals surface area contributed by atoms with Crippen LogP contribution in [0.15, 0.2) is 40.5 Å². The lowest BCUT2D eigenvalue weighted by Crippen LogP contribution is -2.21. The maximum atomic E-state index is 5.16. The molecule has 0 atom stereocenters. The van der Waals surface area contributed by atoms with E-state index < -0.39 is 0 Å². The summed E-state index contributed by atoms with van der Waals surface area (Å²) in [6.07, 6.45) is 3.82. The molecule has 16 heavy (non-hydrogen) atoms. The quantitative estimate of drug-likeness (QED) is 0.458. The Hall–Kier alpha value is -2.10. The Kier molecular flexibility index (Phi) is 4.27. The SMILES string of the molecule is CC(/C=C/c1ccc(C)cc1)=N\N=C(N)N. The maximum Gasteiger partial charge on any atom is 0.211 e. The summed E-state index contributed by atoms with van der Waals surface area (Å²) in [5.41, 5.74) is 13.4. The number of hydrogen-bond acceptors (Lipinski definition) is 2. The van der Waals surface area contributed by atoms with E-state index in [1.165, 1.54) is 5.56 Å². The van der Waals surface area contributed by atoms with Crippen LogP contribution in [0.3, 0.4) is 0 Å². The molecule has 0 aliphatic carbocycles. The molecule has 4 nitrogen and oxygen atoms in total. The van der Waals surface area contributed by atoms with Crippen LogP contribution in [0.2, 0.25) is 0 Å². The summed E-state index contributed by atoms with van der Waals surface area (Å²) >= 11 is 0. The first-order valence-corrected chi connectivity index (χ1v) is 4.96. The van der Waals surface area contributed by atoms with Crippen molar-refractivity contribution in [1.29, 1.82) is 0 Å². The minimum Gasteiger partial charge on any atom is -0.369 e. The number of hydrogen-bond donors (Lipinski definition) is 2. The number of allylic oxidation sites excluding steroid dienone is 1. The molecule has 0 heterocycles. The lowest BCUT2D eigenvalue weighted by Gasteiger charge is -1.94. The summed E-state index contributed by atoms with van der Waals surface area (Å²) in [5, 5.41) is 7.38. The second-order valence-corrected chi connectivity index (χ2v) is 3.51. The molecule has 1 aromatic rings. The van der Waals surface area contributed by atoms with Gasteiger partial charge in [0, 0.05) is 0 Å². The molecule has 0 saturated heterocycles. The first kappa shape index (κ1) is 12.0. The standard InChI is InChI=1S/C12H16N4/c1-9-3-6-11(7-4-9)8-5-10(2)15-16-12(13)14/h3-8H,1-2H3,(H4,13,14,16)/b8-5+,15-10+. The molecule has 84 valence electrons. The number of rotatable bonds is 3. The second kappa shape index (κ2) is 5.70. The molecule has 1 rings (SSSR count). The van der Waals surface area contributed by atoms with Gasteiger partial charge in [-0.15, -0.1) is 5.10 Å². The third-order valence-electron chi connectivity index (χ3n) is 1.92. The van der Waals surface area contributed by atoms with Crippen molar-refractivity contribution in [3.63, 3.8) is 0 Å². The number of nitrogens with two attached hydrogens (primary N) is 2. The van der Waals surface area contributed by atoms with Crippen molar-refractivity contribution in [3.8, 4) is 0 Å². The Morgan fingerprint density at radius 1 is 1.12 bits per heavy atom. The van der Waals surface area contributed by atoms with E-state index in [1.807, 2.05) is 31.2 Å². The third-order valence-corrected chi connectivity index (χ3v) is 1.92. The molecule has 4 N–H and O–H groups in total. The summed E-state index contributed by atoms with van der Waals surface area (Å²) < 4.78 is 0. The first-order chi connectivity index (χ1) is 7.58. The molecule has 0 aromatic heterocycles. The fraction of sp³-hybridized carbons (Fsp3) is 0.167. The second-order valence-electron chi connectivity index (χ2n) is 3.51. The van der Waals surface area contributed by atoms with Crippen molar-refractivity contribution in [2.75, 3.05) is 0 Å². The number of aryl methyl sites for hydroxylation is 1. The lowest BCUT2D eigenvalue weighted by molar-refractivity contribution is 1.20. The van der Waals surface area contributed by atoms with Gasteiger partial charge in [-0.05, 0) is 25.5 Å². The predicted octanol–water partition coefficient (Wildman–Crippen LogP) is 1.66. The van der Waals surface area contributed by atoms with Crippen molar-refractivity contribution in [2.45, 2.75) is 13.8 Å². The van der Waals surface area contributed by atoms with E-state index in [0.717, 1.165) is 11.3 Å². The highest BCUT2D eigenvalue weighted by atomic mass is 15.3. The molecule has 0 aliphatic rings. The number of benzene rings is 1. The summed E-state index contributed by atoms with van der Waals surface area (Å²) in [7, 11) is 0. The van der Waals surface area contributed by atoms with Crippen LogP contribution >= 0.6 is 0 Å². The topological polar surface area (TPSA) is 76.8 Å². The molecule has 0 radical (unpaired) electrons. The van der Waals surface area contributed by atoms with Gasteiger partial charge in [-0.1, -0.05) is 35.9 Å². The van der Waals surface area contributed by atoms with E-state index >= 15 is 0 Å². The average molecular weight is 216 g/mol. The largest absolute Gasteiger partial charge is 0.369 e. The first-order valence-electron chi connectivity index (χ1n) is 4.96. The molecule has 0 unspecified atom stereocenters. The minimum atomic E-state index is -0.0388. The fourth-order valence-electron chi connectivity index (χ4n) is 1.06. The minimum absolute atomic E-state index is 0.0388. The Labute approximate surface area is 95.4 Å². The van der Waals surface area contributed by atoms with Crippen molar-refractivity contribution < 1.29 is 0 Å². The smallest absolute Gasteiger partial charge is 0.211 e. The van der Waals surface area contributed by atoms with E-state index in [1.54, 1.807) is 0 Å². The van der Waals surface area contributed by atoms with Gasteiger partial charge in [0.15, 0.2) is 0 Å². The van der Waals surface area contributed by atoms with Crippen molar-refractivity contribution >= 4 is 17.7 Å². The van der Waals surface area contributed by atoms with Crippen LogP contribution in [-0.2, 0) is 0 Å². The Balaban J connectivity index is 2.70. The molecule has 0 aliphatic heterocycles. The van der Waals surface area contributed by atoms with E-state index in [4.69, 9.17) is 11.5 Å². The molecule has 0 spiro atoms. The third kappa shape index (κ3) is 4.41. The molecular formula is C12H16N4. The Morgan fingerprint density at radius 3 is 2.31 bits per heavy atom. The summed E-state index contributed by atoms with van der Waals surface area (Å²) in [6.45, 7) is 3.88. The lowest BCUT2D eigenvalue weighted by atomic mass is 10.1. The molecule has 4 heteroatoms. The van der Waals surface area contributed by atoms with Gasteiger partial charge in [-0.2, -0.15) is 5.10 Å². The molecule has 0 saturated carbocycles. The van der Waals surface area contributed by atoms with Gasteiger partial charge in [0.05, 0.1) is 5.71 Å². The molecule has 0 bridgehead atoms. The van der Waals surface area contributed by atoms with Crippen LogP contribution in [-0.4, -0.2) is 11.7 Å². The van der Waals surface area contributed by atoms with Gasteiger partial charge >= 0.3 is 0 Å². The van der Waals surface area contributed by atoms with Crippen LogP contribution in [0.4, 0.5) is 0 Å². The molecule has 0 fully saturated rings. The molecular weight excluding hydrogens is 200 g/mol. The van der Waals surface area contributed by atoms with E-state index in [2.05, 4.69) is 29.3 Å². The monoisotopic (exact) mass is 216 g/mol.